The van der Waals surface area contributed by atoms with Gasteiger partial charge in [-0.25, -0.2) is 9.97 Å². The molecule has 4 heterocycles. The molecule has 0 aliphatic heterocycles. The van der Waals surface area contributed by atoms with Crippen molar-refractivity contribution in [3.05, 3.63) is 194 Å². The van der Waals surface area contributed by atoms with Crippen LogP contribution in [0.2, 0.25) is 0 Å². The molecule has 0 aliphatic rings. The largest absolute Gasteiger partial charge is 0.309 e. The van der Waals surface area contributed by atoms with Crippen molar-refractivity contribution in [3.8, 4) is 45.3 Å². The lowest BCUT2D eigenvalue weighted by atomic mass is 10.0. The number of benzene rings is 8. The monoisotopic (exact) mass is 744 g/mol. The van der Waals surface area contributed by atoms with Gasteiger partial charge in [-0.05, 0) is 54.6 Å². The van der Waals surface area contributed by atoms with Crippen molar-refractivity contribution in [2.24, 2.45) is 0 Å². The Balaban J connectivity index is 1.18. The molecule has 0 radical (unpaired) electrons. The number of hydrogen-bond donors (Lipinski definition) is 0. The molecule has 266 valence electrons. The summed E-state index contributed by atoms with van der Waals surface area (Å²) in [6, 6.07) is 69.5. The van der Waals surface area contributed by atoms with E-state index in [9.17, 15) is 0 Å². The van der Waals surface area contributed by atoms with E-state index >= 15 is 0 Å². The van der Waals surface area contributed by atoms with Crippen molar-refractivity contribution in [1.82, 2.24) is 19.1 Å². The van der Waals surface area contributed by atoms with Crippen molar-refractivity contribution < 1.29 is 0 Å². The first-order valence-corrected chi connectivity index (χ1v) is 20.1. The minimum absolute atomic E-state index is 0.675. The summed E-state index contributed by atoms with van der Waals surface area (Å²) in [7, 11) is 0. The smallest absolute Gasteiger partial charge is 0.160 e. The molecule has 12 rings (SSSR count). The summed E-state index contributed by atoms with van der Waals surface area (Å²) in [6.07, 6.45) is 0. The molecule has 4 aromatic heterocycles. The molecule has 57 heavy (non-hydrogen) atoms. The Bertz CT molecular complexity index is 3300. The number of aromatic nitrogens is 4. The zero-order valence-corrected chi connectivity index (χ0v) is 31.5. The van der Waals surface area contributed by atoms with Crippen LogP contribution in [0.15, 0.2) is 194 Å². The molecule has 0 aliphatic carbocycles. The third-order valence-electron chi connectivity index (χ3n) is 11.3. The fraction of sp³-hybridized carbons (Fsp3) is 0. The summed E-state index contributed by atoms with van der Waals surface area (Å²) >= 11 is 1.83. The molecule has 0 spiro atoms. The summed E-state index contributed by atoms with van der Waals surface area (Å²) in [5, 5.41) is 7.40. The van der Waals surface area contributed by atoms with Crippen molar-refractivity contribution in [2.45, 2.75) is 0 Å². The highest BCUT2D eigenvalue weighted by atomic mass is 32.1. The van der Waals surface area contributed by atoms with Gasteiger partial charge in [-0.3, -0.25) is 0 Å². The van der Waals surface area contributed by atoms with Crippen LogP contribution in [-0.2, 0) is 0 Å². The maximum absolute atomic E-state index is 5.49. The zero-order valence-electron chi connectivity index (χ0n) is 30.7. The summed E-state index contributed by atoms with van der Waals surface area (Å²) in [4.78, 5) is 10.9. The lowest BCUT2D eigenvalue weighted by Gasteiger charge is -2.16. The first kappa shape index (κ1) is 32.0. The van der Waals surface area contributed by atoms with Crippen LogP contribution in [0.1, 0.15) is 0 Å². The van der Waals surface area contributed by atoms with Crippen LogP contribution in [0.5, 0.6) is 0 Å². The van der Waals surface area contributed by atoms with E-state index in [0.29, 0.717) is 5.82 Å². The highest BCUT2D eigenvalue weighted by Gasteiger charge is 2.20. The molecule has 0 amide bonds. The molecular weight excluding hydrogens is 713 g/mol. The average molecular weight is 745 g/mol. The van der Waals surface area contributed by atoms with Gasteiger partial charge in [-0.15, -0.1) is 11.3 Å². The second-order valence-corrected chi connectivity index (χ2v) is 15.6. The average Bonchev–Trinajstić information content (AvgIpc) is 3.94. The Morgan fingerprint density at radius 1 is 0.351 bits per heavy atom. The highest BCUT2D eigenvalue weighted by molar-refractivity contribution is 7.26. The summed E-state index contributed by atoms with van der Waals surface area (Å²) in [6.45, 7) is 0. The summed E-state index contributed by atoms with van der Waals surface area (Å²) in [5.41, 5.74) is 11.6. The number of nitrogens with zero attached hydrogens (tertiary/aromatic N) is 4. The molecule has 0 atom stereocenters. The molecule has 12 aromatic rings. The van der Waals surface area contributed by atoms with Gasteiger partial charge in [-0.1, -0.05) is 140 Å². The summed E-state index contributed by atoms with van der Waals surface area (Å²) < 4.78 is 7.29. The Kier molecular flexibility index (Phi) is 7.06. The summed E-state index contributed by atoms with van der Waals surface area (Å²) in [5.74, 6) is 0.675. The van der Waals surface area contributed by atoms with Gasteiger partial charge in [0.05, 0.1) is 33.5 Å². The van der Waals surface area contributed by atoms with E-state index in [-0.39, 0.29) is 0 Å². The van der Waals surface area contributed by atoms with Gasteiger partial charge in [0.1, 0.15) is 0 Å². The first-order chi connectivity index (χ1) is 28.3. The number of rotatable bonds is 5. The number of thiophene rings is 1. The van der Waals surface area contributed by atoms with Gasteiger partial charge in [-0.2, -0.15) is 0 Å². The van der Waals surface area contributed by atoms with Gasteiger partial charge < -0.3 is 9.13 Å². The minimum atomic E-state index is 0.675. The SMILES string of the molecule is c1ccc(-c2cc(-c3cccc4c3sc3ccccc34)nc(-c3cc(-n4c5ccccc5c5ccccc54)cc(-n4c5ccccc5c5ccccc54)c3)n2)cc1. The third-order valence-corrected chi connectivity index (χ3v) is 12.5. The van der Waals surface area contributed by atoms with E-state index in [1.54, 1.807) is 0 Å². The Hall–Kier alpha value is -7.34. The molecule has 0 bridgehead atoms. The van der Waals surface area contributed by atoms with E-state index in [0.717, 1.165) is 61.5 Å². The fourth-order valence-electron chi connectivity index (χ4n) is 8.80. The fourth-order valence-corrected chi connectivity index (χ4v) is 10.0. The van der Waals surface area contributed by atoms with Crippen LogP contribution in [-0.4, -0.2) is 19.1 Å². The minimum Gasteiger partial charge on any atom is -0.309 e. The van der Waals surface area contributed by atoms with Crippen LogP contribution >= 0.6 is 11.3 Å². The molecule has 0 saturated heterocycles. The van der Waals surface area contributed by atoms with E-state index < -0.39 is 0 Å². The molecular formula is C52H32N4S. The third kappa shape index (κ3) is 4.99. The van der Waals surface area contributed by atoms with Crippen molar-refractivity contribution in [3.63, 3.8) is 0 Å². The number of hydrogen-bond acceptors (Lipinski definition) is 3. The second-order valence-electron chi connectivity index (χ2n) is 14.6. The Labute approximate surface area is 332 Å². The predicted octanol–water partition coefficient (Wildman–Crippen LogP) is 14.0. The molecule has 0 N–H and O–H groups in total. The van der Waals surface area contributed by atoms with E-state index in [4.69, 9.17) is 9.97 Å². The van der Waals surface area contributed by atoms with Crippen molar-refractivity contribution in [1.29, 1.82) is 0 Å². The molecule has 0 saturated carbocycles. The maximum Gasteiger partial charge on any atom is 0.160 e. The van der Waals surface area contributed by atoms with Crippen molar-refractivity contribution >= 4 is 75.1 Å². The van der Waals surface area contributed by atoms with Crippen LogP contribution in [0.25, 0.3) is 109 Å². The zero-order chi connectivity index (χ0) is 37.5. The van der Waals surface area contributed by atoms with Crippen molar-refractivity contribution in [2.75, 3.05) is 0 Å². The molecule has 5 heteroatoms. The van der Waals surface area contributed by atoms with Gasteiger partial charge in [0.15, 0.2) is 5.82 Å². The van der Waals surface area contributed by atoms with Crippen LogP contribution in [0, 0.1) is 0 Å². The highest BCUT2D eigenvalue weighted by Crippen LogP contribution is 2.42. The lowest BCUT2D eigenvalue weighted by Crippen LogP contribution is -2.02. The van der Waals surface area contributed by atoms with E-state index in [1.807, 2.05) is 11.3 Å². The van der Waals surface area contributed by atoms with Gasteiger partial charge in [0.25, 0.3) is 0 Å². The standard InChI is InChI=1S/C52H32N4S/c1-2-15-33(16-3-1)44-32-45(43-23-14-22-42-41-21-8-13-28-50(41)57-51(42)43)54-52(53-44)34-29-35(55-46-24-9-4-17-37(46)38-18-5-10-25-47(38)55)31-36(30-34)56-48-26-11-6-19-39(48)40-20-7-12-27-49(40)56/h1-32H. The molecule has 4 nitrogen and oxygen atoms in total. The number of fused-ring (bicyclic) bond motifs is 9. The quantitative estimate of drug-likeness (QED) is 0.176. The van der Waals surface area contributed by atoms with Crippen LogP contribution in [0.3, 0.4) is 0 Å². The maximum atomic E-state index is 5.49. The van der Waals surface area contributed by atoms with E-state index in [2.05, 4.69) is 203 Å². The lowest BCUT2D eigenvalue weighted by molar-refractivity contribution is 1.12. The molecule has 0 fully saturated rings. The Morgan fingerprint density at radius 3 is 1.40 bits per heavy atom. The van der Waals surface area contributed by atoms with Gasteiger partial charge in [0.2, 0.25) is 0 Å². The molecule has 8 aromatic carbocycles. The topological polar surface area (TPSA) is 35.6 Å². The predicted molar refractivity (Wildman–Crippen MR) is 240 cm³/mol. The second kappa shape index (κ2) is 12.6. The van der Waals surface area contributed by atoms with E-state index in [1.165, 1.54) is 41.7 Å². The first-order valence-electron chi connectivity index (χ1n) is 19.2. The van der Waals surface area contributed by atoms with Gasteiger partial charge in [0, 0.05) is 69.8 Å². The number of para-hydroxylation sites is 4. The van der Waals surface area contributed by atoms with Crippen LogP contribution in [0.4, 0.5) is 0 Å². The normalized spacial score (nSPS) is 11.9. The molecule has 0 unspecified atom stereocenters. The Morgan fingerprint density at radius 2 is 0.825 bits per heavy atom. The van der Waals surface area contributed by atoms with Gasteiger partial charge >= 0.3 is 0 Å². The van der Waals surface area contributed by atoms with Crippen LogP contribution < -0.4 is 0 Å².